The highest BCUT2D eigenvalue weighted by atomic mass is 16.3. The minimum atomic E-state index is 0.304. The number of allylic oxidation sites excluding steroid dienone is 2. The summed E-state index contributed by atoms with van der Waals surface area (Å²) in [6.45, 7) is 3.24. The maximum absolute atomic E-state index is 6.26. The maximum Gasteiger partial charge on any atom is 0.141 e. The smallest absolute Gasteiger partial charge is 0.141 e. The van der Waals surface area contributed by atoms with E-state index in [9.17, 15) is 0 Å². The molecule has 0 N–H and O–H groups in total. The van der Waals surface area contributed by atoms with Gasteiger partial charge in [-0.15, -0.1) is 0 Å². The zero-order valence-electron chi connectivity index (χ0n) is 12.5. The lowest BCUT2D eigenvalue weighted by Crippen LogP contribution is -2.31. The Bertz CT molecular complexity index is 960. The van der Waals surface area contributed by atoms with Crippen molar-refractivity contribution in [1.82, 2.24) is 4.90 Å². The third-order valence-electron chi connectivity index (χ3n) is 4.92. The molecular weight excluding hydrogens is 270 g/mol. The van der Waals surface area contributed by atoms with E-state index in [4.69, 9.17) is 4.42 Å². The van der Waals surface area contributed by atoms with E-state index < -0.39 is 0 Å². The van der Waals surface area contributed by atoms with Crippen LogP contribution in [0.5, 0.6) is 0 Å². The van der Waals surface area contributed by atoms with Gasteiger partial charge in [0.25, 0.3) is 0 Å². The van der Waals surface area contributed by atoms with Crippen molar-refractivity contribution in [2.45, 2.75) is 19.4 Å². The lowest BCUT2D eigenvalue weighted by Gasteiger charge is -2.37. The summed E-state index contributed by atoms with van der Waals surface area (Å²) < 4.78 is 6.26. The molecule has 2 aliphatic rings. The molecule has 0 radical (unpaired) electrons. The van der Waals surface area contributed by atoms with Gasteiger partial charge in [0, 0.05) is 29.1 Å². The van der Waals surface area contributed by atoms with Crippen molar-refractivity contribution in [1.29, 1.82) is 0 Å². The lowest BCUT2D eigenvalue weighted by atomic mass is 9.88. The van der Waals surface area contributed by atoms with Gasteiger partial charge in [-0.25, -0.2) is 0 Å². The number of fused-ring (bicyclic) bond motifs is 7. The fourth-order valence-corrected chi connectivity index (χ4v) is 3.81. The van der Waals surface area contributed by atoms with Crippen molar-refractivity contribution in [3.05, 3.63) is 71.5 Å². The van der Waals surface area contributed by atoms with E-state index in [0.29, 0.717) is 6.04 Å². The van der Waals surface area contributed by atoms with E-state index in [-0.39, 0.29) is 0 Å². The Morgan fingerprint density at radius 1 is 1.09 bits per heavy atom. The molecule has 108 valence electrons. The molecule has 0 saturated heterocycles. The zero-order chi connectivity index (χ0) is 14.7. The van der Waals surface area contributed by atoms with E-state index in [1.165, 1.54) is 27.5 Å². The third-order valence-corrected chi connectivity index (χ3v) is 4.92. The quantitative estimate of drug-likeness (QED) is 0.581. The van der Waals surface area contributed by atoms with Crippen LogP contribution in [0.15, 0.2) is 64.7 Å². The first-order valence-corrected chi connectivity index (χ1v) is 7.87. The Hall–Kier alpha value is -2.48. The van der Waals surface area contributed by atoms with Gasteiger partial charge in [-0.2, -0.15) is 0 Å². The molecule has 3 aromatic rings. The van der Waals surface area contributed by atoms with Gasteiger partial charge >= 0.3 is 0 Å². The second-order valence-corrected chi connectivity index (χ2v) is 6.27. The summed E-state index contributed by atoms with van der Waals surface area (Å²) in [6.07, 6.45) is 7.85. The molecule has 0 aliphatic carbocycles. The first-order valence-electron chi connectivity index (χ1n) is 7.87. The molecule has 1 atom stereocenters. The topological polar surface area (TPSA) is 16.4 Å². The molecule has 1 aromatic heterocycles. The summed E-state index contributed by atoms with van der Waals surface area (Å²) in [5, 5.41) is 2.45. The predicted molar refractivity (Wildman–Crippen MR) is 89.8 cm³/mol. The molecule has 0 spiro atoms. The molecule has 1 unspecified atom stereocenters. The van der Waals surface area contributed by atoms with Crippen LogP contribution in [-0.2, 0) is 6.42 Å². The number of nitrogens with zero attached hydrogens (tertiary/aromatic N) is 1. The van der Waals surface area contributed by atoms with Crippen molar-refractivity contribution in [3.63, 3.8) is 0 Å². The second-order valence-electron chi connectivity index (χ2n) is 6.27. The van der Waals surface area contributed by atoms with Gasteiger partial charge in [-0.05, 0) is 31.1 Å². The standard InChI is InChI=1S/C20H17NO/c1-13-8-10-21-11-9-14-6-7-16-15-4-2-3-5-18(15)22-20(16)19(14)17(21)12-13/h2-8,10,12,17H,9,11H2,1H3. The highest BCUT2D eigenvalue weighted by Crippen LogP contribution is 2.41. The van der Waals surface area contributed by atoms with Crippen LogP contribution >= 0.6 is 0 Å². The SMILES string of the molecule is CC1=CC2c3c(ccc4c3oc3ccccc34)CCN2C=C1. The summed E-state index contributed by atoms with van der Waals surface area (Å²) in [5.41, 5.74) is 6.14. The Morgan fingerprint density at radius 3 is 2.95 bits per heavy atom. The van der Waals surface area contributed by atoms with Crippen molar-refractivity contribution in [2.24, 2.45) is 0 Å². The van der Waals surface area contributed by atoms with Gasteiger partial charge in [0.1, 0.15) is 11.2 Å². The number of rotatable bonds is 0. The molecule has 2 aliphatic heterocycles. The van der Waals surface area contributed by atoms with Crippen molar-refractivity contribution in [2.75, 3.05) is 6.54 Å². The largest absolute Gasteiger partial charge is 0.456 e. The van der Waals surface area contributed by atoms with Crippen LogP contribution in [0.4, 0.5) is 0 Å². The number of hydrogen-bond donors (Lipinski definition) is 0. The first-order chi connectivity index (χ1) is 10.8. The average Bonchev–Trinajstić information content (AvgIpc) is 2.93. The van der Waals surface area contributed by atoms with Gasteiger partial charge in [-0.3, -0.25) is 0 Å². The molecule has 0 fully saturated rings. The molecule has 5 rings (SSSR count). The monoisotopic (exact) mass is 287 g/mol. The van der Waals surface area contributed by atoms with E-state index in [0.717, 1.165) is 24.1 Å². The van der Waals surface area contributed by atoms with E-state index in [1.54, 1.807) is 0 Å². The van der Waals surface area contributed by atoms with E-state index in [2.05, 4.69) is 60.5 Å². The normalized spacial score (nSPS) is 20.1. The Labute approximate surface area is 129 Å². The number of para-hydroxylation sites is 1. The molecule has 0 bridgehead atoms. The van der Waals surface area contributed by atoms with Gasteiger partial charge in [-0.1, -0.05) is 42.0 Å². The van der Waals surface area contributed by atoms with Gasteiger partial charge in [0.15, 0.2) is 0 Å². The van der Waals surface area contributed by atoms with E-state index in [1.807, 2.05) is 6.07 Å². The molecule has 2 heteroatoms. The van der Waals surface area contributed by atoms with Crippen molar-refractivity contribution < 1.29 is 4.42 Å². The Kier molecular flexibility index (Phi) is 2.34. The summed E-state index contributed by atoms with van der Waals surface area (Å²) in [7, 11) is 0. The Balaban J connectivity index is 1.86. The van der Waals surface area contributed by atoms with Crippen LogP contribution in [0.2, 0.25) is 0 Å². The predicted octanol–water partition coefficient (Wildman–Crippen LogP) is 4.96. The highest BCUT2D eigenvalue weighted by Gasteiger charge is 2.29. The van der Waals surface area contributed by atoms with Crippen LogP contribution in [0.1, 0.15) is 24.1 Å². The first kappa shape index (κ1) is 12.1. The Morgan fingerprint density at radius 2 is 2.00 bits per heavy atom. The molecule has 0 saturated carbocycles. The number of furan rings is 1. The molecular formula is C20H17NO. The molecule has 3 heterocycles. The van der Waals surface area contributed by atoms with Crippen molar-refractivity contribution in [3.8, 4) is 0 Å². The average molecular weight is 287 g/mol. The third kappa shape index (κ3) is 1.55. The van der Waals surface area contributed by atoms with Crippen LogP contribution in [-0.4, -0.2) is 11.4 Å². The fraction of sp³-hybridized carbons (Fsp3) is 0.200. The van der Waals surface area contributed by atoms with Gasteiger partial charge < -0.3 is 9.32 Å². The van der Waals surface area contributed by atoms with Gasteiger partial charge in [0.2, 0.25) is 0 Å². The van der Waals surface area contributed by atoms with Crippen LogP contribution in [0, 0.1) is 0 Å². The summed E-state index contributed by atoms with van der Waals surface area (Å²) in [4.78, 5) is 2.42. The van der Waals surface area contributed by atoms with Crippen LogP contribution < -0.4 is 0 Å². The minimum Gasteiger partial charge on any atom is -0.456 e. The summed E-state index contributed by atoms with van der Waals surface area (Å²) in [6, 6.07) is 13.1. The summed E-state index contributed by atoms with van der Waals surface area (Å²) >= 11 is 0. The molecule has 2 aromatic carbocycles. The number of hydrogen-bond acceptors (Lipinski definition) is 2. The van der Waals surface area contributed by atoms with Crippen LogP contribution in [0.25, 0.3) is 21.9 Å². The summed E-state index contributed by atoms with van der Waals surface area (Å²) in [5.74, 6) is 0. The van der Waals surface area contributed by atoms with Crippen LogP contribution in [0.3, 0.4) is 0 Å². The highest BCUT2D eigenvalue weighted by molar-refractivity contribution is 6.06. The second kappa shape index (κ2) is 4.26. The molecule has 2 nitrogen and oxygen atoms in total. The number of benzene rings is 2. The fourth-order valence-electron chi connectivity index (χ4n) is 3.81. The zero-order valence-corrected chi connectivity index (χ0v) is 12.5. The van der Waals surface area contributed by atoms with E-state index >= 15 is 0 Å². The van der Waals surface area contributed by atoms with Gasteiger partial charge in [0.05, 0.1) is 6.04 Å². The molecule has 22 heavy (non-hydrogen) atoms. The maximum atomic E-state index is 6.26. The lowest BCUT2D eigenvalue weighted by molar-refractivity contribution is 0.303. The van der Waals surface area contributed by atoms with Crippen molar-refractivity contribution >= 4 is 21.9 Å². The molecule has 0 amide bonds. The minimum absolute atomic E-state index is 0.304.